The van der Waals surface area contributed by atoms with Crippen LogP contribution < -0.4 is 5.32 Å². The quantitative estimate of drug-likeness (QED) is 0.868. The van der Waals surface area contributed by atoms with E-state index < -0.39 is 0 Å². The van der Waals surface area contributed by atoms with Gasteiger partial charge in [0.1, 0.15) is 0 Å². The molecule has 0 saturated carbocycles. The molecule has 1 N–H and O–H groups in total. The summed E-state index contributed by atoms with van der Waals surface area (Å²) < 4.78 is 0. The summed E-state index contributed by atoms with van der Waals surface area (Å²) in [7, 11) is 0. The van der Waals surface area contributed by atoms with Crippen LogP contribution in [0.1, 0.15) is 36.4 Å². The van der Waals surface area contributed by atoms with Crippen LogP contribution >= 0.6 is 11.3 Å². The molecule has 106 valence electrons. The lowest BCUT2D eigenvalue weighted by molar-refractivity contribution is -0.131. The lowest BCUT2D eigenvalue weighted by Gasteiger charge is -2.24. The van der Waals surface area contributed by atoms with Crippen molar-refractivity contribution in [2.45, 2.75) is 52.1 Å². The van der Waals surface area contributed by atoms with Crippen molar-refractivity contribution in [1.29, 1.82) is 0 Å². The highest BCUT2D eigenvalue weighted by Gasteiger charge is 2.33. The van der Waals surface area contributed by atoms with E-state index in [0.29, 0.717) is 6.04 Å². The largest absolute Gasteiger partial charge is 0.338 e. The standard InChI is InChI=1S/C15H24N2OS/c1-4-8-16-14-7-9-17(15(14)18)11(2)10-13-6-5-12(3)19-13/h5-6,11,14,16H,4,7-10H2,1-3H3. The zero-order valence-corrected chi connectivity index (χ0v) is 12.9. The Morgan fingerprint density at radius 1 is 1.53 bits per heavy atom. The zero-order chi connectivity index (χ0) is 13.8. The van der Waals surface area contributed by atoms with Gasteiger partial charge in [-0.1, -0.05) is 6.92 Å². The van der Waals surface area contributed by atoms with Gasteiger partial charge >= 0.3 is 0 Å². The highest BCUT2D eigenvalue weighted by atomic mass is 32.1. The average Bonchev–Trinajstić information content (AvgIpc) is 2.93. The van der Waals surface area contributed by atoms with Gasteiger partial charge in [0.2, 0.25) is 5.91 Å². The summed E-state index contributed by atoms with van der Waals surface area (Å²) in [6.07, 6.45) is 3.01. The maximum atomic E-state index is 12.3. The van der Waals surface area contributed by atoms with Gasteiger partial charge in [0.25, 0.3) is 0 Å². The highest BCUT2D eigenvalue weighted by molar-refractivity contribution is 7.11. The summed E-state index contributed by atoms with van der Waals surface area (Å²) in [6, 6.07) is 4.69. The normalized spacial score (nSPS) is 21.1. The van der Waals surface area contributed by atoms with Crippen LogP contribution in [0.5, 0.6) is 0 Å². The molecule has 0 aliphatic carbocycles. The molecule has 1 fully saturated rings. The molecule has 2 heterocycles. The molecule has 1 saturated heterocycles. The third-order valence-corrected chi connectivity index (χ3v) is 4.73. The number of amides is 1. The van der Waals surface area contributed by atoms with Gasteiger partial charge in [-0.2, -0.15) is 0 Å². The highest BCUT2D eigenvalue weighted by Crippen LogP contribution is 2.21. The van der Waals surface area contributed by atoms with Crippen LogP contribution in [0.2, 0.25) is 0 Å². The first-order valence-electron chi connectivity index (χ1n) is 7.21. The van der Waals surface area contributed by atoms with Crippen molar-refractivity contribution in [3.63, 3.8) is 0 Å². The number of rotatable bonds is 6. The van der Waals surface area contributed by atoms with Gasteiger partial charge in [-0.25, -0.2) is 0 Å². The van der Waals surface area contributed by atoms with Crippen LogP contribution in [-0.4, -0.2) is 36.0 Å². The molecule has 1 aromatic heterocycles. The topological polar surface area (TPSA) is 32.3 Å². The minimum atomic E-state index is 0.0486. The molecule has 2 atom stereocenters. The molecule has 1 amide bonds. The van der Waals surface area contributed by atoms with E-state index in [1.54, 1.807) is 0 Å². The predicted octanol–water partition coefficient (Wildman–Crippen LogP) is 2.59. The molecular formula is C15H24N2OS. The molecule has 4 heteroatoms. The summed E-state index contributed by atoms with van der Waals surface area (Å²) in [5.74, 6) is 0.286. The molecule has 1 aliphatic rings. The number of hydrogen-bond acceptors (Lipinski definition) is 3. The number of carbonyl (C=O) groups excluding carboxylic acids is 1. The molecule has 2 unspecified atom stereocenters. The monoisotopic (exact) mass is 280 g/mol. The van der Waals surface area contributed by atoms with Crippen LogP contribution in [0.4, 0.5) is 0 Å². The molecule has 0 spiro atoms. The van der Waals surface area contributed by atoms with Crippen LogP contribution in [0, 0.1) is 6.92 Å². The number of thiophene rings is 1. The van der Waals surface area contributed by atoms with E-state index in [1.165, 1.54) is 9.75 Å². The van der Waals surface area contributed by atoms with E-state index in [0.717, 1.165) is 32.4 Å². The van der Waals surface area contributed by atoms with Crippen molar-refractivity contribution in [2.75, 3.05) is 13.1 Å². The van der Waals surface area contributed by atoms with Gasteiger partial charge in [0, 0.05) is 28.8 Å². The number of nitrogens with zero attached hydrogens (tertiary/aromatic N) is 1. The number of hydrogen-bond donors (Lipinski definition) is 1. The second-order valence-corrected chi connectivity index (χ2v) is 6.76. The van der Waals surface area contributed by atoms with Crippen molar-refractivity contribution in [3.8, 4) is 0 Å². The van der Waals surface area contributed by atoms with E-state index in [9.17, 15) is 4.79 Å². The van der Waals surface area contributed by atoms with Gasteiger partial charge in [0.05, 0.1) is 6.04 Å². The summed E-state index contributed by atoms with van der Waals surface area (Å²) in [5, 5.41) is 3.35. The van der Waals surface area contributed by atoms with Crippen molar-refractivity contribution >= 4 is 17.2 Å². The van der Waals surface area contributed by atoms with Crippen molar-refractivity contribution < 1.29 is 4.79 Å². The van der Waals surface area contributed by atoms with Gasteiger partial charge < -0.3 is 10.2 Å². The first kappa shape index (κ1) is 14.5. The Morgan fingerprint density at radius 3 is 2.95 bits per heavy atom. The van der Waals surface area contributed by atoms with Crippen molar-refractivity contribution in [1.82, 2.24) is 10.2 Å². The molecule has 3 nitrogen and oxygen atoms in total. The smallest absolute Gasteiger partial charge is 0.240 e. The minimum Gasteiger partial charge on any atom is -0.338 e. The second kappa shape index (κ2) is 6.53. The SMILES string of the molecule is CCCNC1CCN(C(C)Cc2ccc(C)s2)C1=O. The molecule has 0 bridgehead atoms. The van der Waals surface area contributed by atoms with Crippen LogP contribution in [-0.2, 0) is 11.2 Å². The fraction of sp³-hybridized carbons (Fsp3) is 0.667. The Labute approximate surface area is 120 Å². The zero-order valence-electron chi connectivity index (χ0n) is 12.1. The van der Waals surface area contributed by atoms with E-state index in [1.807, 2.05) is 16.2 Å². The molecule has 2 rings (SSSR count). The minimum absolute atomic E-state index is 0.0486. The van der Waals surface area contributed by atoms with Crippen LogP contribution in [0.15, 0.2) is 12.1 Å². The number of likely N-dealkylation sites (tertiary alicyclic amines) is 1. The van der Waals surface area contributed by atoms with Gasteiger partial charge in [-0.15, -0.1) is 11.3 Å². The maximum Gasteiger partial charge on any atom is 0.240 e. The fourth-order valence-corrected chi connectivity index (χ4v) is 3.65. The Kier molecular flexibility index (Phi) is 4.99. The number of aryl methyl sites for hydroxylation is 1. The Morgan fingerprint density at radius 2 is 2.32 bits per heavy atom. The molecule has 1 aliphatic heterocycles. The third-order valence-electron chi connectivity index (χ3n) is 3.71. The summed E-state index contributed by atoms with van der Waals surface area (Å²) in [6.45, 7) is 8.25. The number of carbonyl (C=O) groups is 1. The van der Waals surface area contributed by atoms with E-state index >= 15 is 0 Å². The predicted molar refractivity (Wildman–Crippen MR) is 80.6 cm³/mol. The van der Waals surface area contributed by atoms with Gasteiger partial charge in [-0.3, -0.25) is 4.79 Å². The van der Waals surface area contributed by atoms with Gasteiger partial charge in [-0.05, 0) is 45.4 Å². The first-order valence-corrected chi connectivity index (χ1v) is 8.02. The van der Waals surface area contributed by atoms with E-state index in [-0.39, 0.29) is 11.9 Å². The molecule has 19 heavy (non-hydrogen) atoms. The average molecular weight is 280 g/mol. The molecular weight excluding hydrogens is 256 g/mol. The van der Waals surface area contributed by atoms with E-state index in [2.05, 4.69) is 38.2 Å². The Bertz CT molecular complexity index is 430. The van der Waals surface area contributed by atoms with Crippen molar-refractivity contribution in [2.24, 2.45) is 0 Å². The molecule has 1 aromatic rings. The third kappa shape index (κ3) is 3.57. The Balaban J connectivity index is 1.89. The fourth-order valence-electron chi connectivity index (χ4n) is 2.64. The lowest BCUT2D eigenvalue weighted by atomic mass is 10.2. The molecule has 0 aromatic carbocycles. The number of nitrogens with one attached hydrogen (secondary N) is 1. The van der Waals surface area contributed by atoms with Crippen LogP contribution in [0.3, 0.4) is 0 Å². The van der Waals surface area contributed by atoms with E-state index in [4.69, 9.17) is 0 Å². The maximum absolute atomic E-state index is 12.3. The first-order chi connectivity index (χ1) is 9.11. The summed E-state index contributed by atoms with van der Waals surface area (Å²) in [5.41, 5.74) is 0. The summed E-state index contributed by atoms with van der Waals surface area (Å²) in [4.78, 5) is 17.1. The molecule has 0 radical (unpaired) electrons. The summed E-state index contributed by atoms with van der Waals surface area (Å²) >= 11 is 1.84. The second-order valence-electron chi connectivity index (χ2n) is 5.39. The lowest BCUT2D eigenvalue weighted by Crippen LogP contribution is -2.42. The van der Waals surface area contributed by atoms with Gasteiger partial charge in [0.15, 0.2) is 0 Å². The van der Waals surface area contributed by atoms with Crippen molar-refractivity contribution in [3.05, 3.63) is 21.9 Å². The van der Waals surface area contributed by atoms with Crippen LogP contribution in [0.25, 0.3) is 0 Å². The Hall–Kier alpha value is -0.870.